The average Bonchev–Trinajstić information content (AvgIpc) is 2.98. The third-order valence-electron chi connectivity index (χ3n) is 3.91. The minimum absolute atomic E-state index is 0.116. The zero-order valence-corrected chi connectivity index (χ0v) is 15.4. The molecule has 1 aliphatic heterocycles. The molecule has 0 radical (unpaired) electrons. The lowest BCUT2D eigenvalue weighted by Crippen LogP contribution is -2.28. The number of para-hydroxylation sites is 1. The lowest BCUT2D eigenvalue weighted by Gasteiger charge is -2.17. The summed E-state index contributed by atoms with van der Waals surface area (Å²) in [7, 11) is -3.70. The summed E-state index contributed by atoms with van der Waals surface area (Å²) >= 11 is 1.68. The Labute approximate surface area is 151 Å². The van der Waals surface area contributed by atoms with E-state index in [0.717, 1.165) is 6.42 Å². The molecule has 1 aromatic carbocycles. The van der Waals surface area contributed by atoms with Crippen LogP contribution in [0, 0.1) is 6.92 Å². The molecule has 8 heteroatoms. The number of thiophene rings is 1. The molecule has 25 heavy (non-hydrogen) atoms. The van der Waals surface area contributed by atoms with E-state index >= 15 is 0 Å². The summed E-state index contributed by atoms with van der Waals surface area (Å²) in [5.74, 6) is 0.179. The Bertz CT molecular complexity index is 917. The Kier molecular flexibility index (Phi) is 5.19. The van der Waals surface area contributed by atoms with Gasteiger partial charge in [0.15, 0.2) is 0 Å². The van der Waals surface area contributed by atoms with Gasteiger partial charge in [0.25, 0.3) is 10.0 Å². The molecule has 3 rings (SSSR count). The van der Waals surface area contributed by atoms with Gasteiger partial charge in [0.1, 0.15) is 10.7 Å². The maximum absolute atomic E-state index is 12.1. The SMILES string of the molecule is Cc1ccsc1CCNC(=O)CCC1=NS(=O)(=O)c2ccccc2N1. The lowest BCUT2D eigenvalue weighted by molar-refractivity contribution is -0.120. The van der Waals surface area contributed by atoms with Crippen LogP contribution in [0.4, 0.5) is 5.69 Å². The van der Waals surface area contributed by atoms with Gasteiger partial charge in [-0.15, -0.1) is 15.7 Å². The second kappa shape index (κ2) is 7.37. The third-order valence-corrected chi connectivity index (χ3v) is 6.36. The van der Waals surface area contributed by atoms with Crippen molar-refractivity contribution in [3.8, 4) is 0 Å². The van der Waals surface area contributed by atoms with Gasteiger partial charge in [0, 0.05) is 24.3 Å². The van der Waals surface area contributed by atoms with Crippen LogP contribution in [-0.2, 0) is 21.2 Å². The van der Waals surface area contributed by atoms with Gasteiger partial charge >= 0.3 is 0 Å². The number of nitrogens with zero attached hydrogens (tertiary/aromatic N) is 1. The van der Waals surface area contributed by atoms with Crippen molar-refractivity contribution in [3.63, 3.8) is 0 Å². The van der Waals surface area contributed by atoms with Crippen molar-refractivity contribution in [2.24, 2.45) is 4.40 Å². The van der Waals surface area contributed by atoms with Gasteiger partial charge < -0.3 is 10.6 Å². The highest BCUT2D eigenvalue weighted by atomic mass is 32.2. The average molecular weight is 377 g/mol. The second-order valence-corrected chi connectivity index (χ2v) is 8.33. The summed E-state index contributed by atoms with van der Waals surface area (Å²) in [6.07, 6.45) is 1.24. The highest BCUT2D eigenvalue weighted by Crippen LogP contribution is 2.27. The highest BCUT2D eigenvalue weighted by molar-refractivity contribution is 7.90. The molecule has 2 aromatic rings. The normalized spacial score (nSPS) is 15.0. The van der Waals surface area contributed by atoms with E-state index in [1.807, 2.05) is 5.38 Å². The molecule has 6 nitrogen and oxygen atoms in total. The van der Waals surface area contributed by atoms with Crippen molar-refractivity contribution in [2.45, 2.75) is 31.1 Å². The number of anilines is 1. The number of hydrogen-bond donors (Lipinski definition) is 2. The molecule has 2 heterocycles. The monoisotopic (exact) mass is 377 g/mol. The number of amides is 1. The standard InChI is InChI=1S/C17H19N3O3S2/c1-12-9-11-24-14(12)8-10-18-17(21)7-6-16-19-13-4-2-3-5-15(13)25(22,23)20-16/h2-5,9,11H,6-8,10H2,1H3,(H,18,21)(H,19,20). The van der Waals surface area contributed by atoms with Crippen LogP contribution in [0.2, 0.25) is 0 Å². The molecule has 132 valence electrons. The summed E-state index contributed by atoms with van der Waals surface area (Å²) < 4.78 is 28.0. The second-order valence-electron chi connectivity index (χ2n) is 5.76. The Morgan fingerprint density at radius 3 is 2.80 bits per heavy atom. The van der Waals surface area contributed by atoms with E-state index in [9.17, 15) is 13.2 Å². The number of rotatable bonds is 6. The smallest absolute Gasteiger partial charge is 0.286 e. The van der Waals surface area contributed by atoms with Gasteiger partial charge in [-0.3, -0.25) is 4.79 Å². The predicted octanol–water partition coefficient (Wildman–Crippen LogP) is 2.71. The summed E-state index contributed by atoms with van der Waals surface area (Å²) in [6, 6.07) is 8.67. The fraction of sp³-hybridized carbons (Fsp3) is 0.294. The van der Waals surface area contributed by atoms with Gasteiger partial charge in [0.2, 0.25) is 5.91 Å². The maximum Gasteiger partial charge on any atom is 0.286 e. The van der Waals surface area contributed by atoms with Crippen molar-refractivity contribution >= 4 is 38.8 Å². The number of carbonyl (C=O) groups is 1. The first kappa shape index (κ1) is 17.6. The Hall–Kier alpha value is -2.19. The van der Waals surface area contributed by atoms with Crippen LogP contribution in [0.1, 0.15) is 23.3 Å². The van der Waals surface area contributed by atoms with Crippen LogP contribution in [0.25, 0.3) is 0 Å². The number of hydrogen-bond acceptors (Lipinski definition) is 5. The fourth-order valence-corrected chi connectivity index (χ4v) is 4.65. The first-order valence-electron chi connectivity index (χ1n) is 7.95. The number of amidine groups is 1. The van der Waals surface area contributed by atoms with E-state index in [4.69, 9.17) is 0 Å². The quantitative estimate of drug-likeness (QED) is 0.810. The van der Waals surface area contributed by atoms with Crippen LogP contribution in [0.15, 0.2) is 45.0 Å². The van der Waals surface area contributed by atoms with E-state index in [0.29, 0.717) is 18.1 Å². The Morgan fingerprint density at radius 1 is 1.24 bits per heavy atom. The van der Waals surface area contributed by atoms with E-state index in [1.54, 1.807) is 29.5 Å². The molecule has 0 atom stereocenters. The minimum atomic E-state index is -3.70. The van der Waals surface area contributed by atoms with Crippen molar-refractivity contribution in [2.75, 3.05) is 11.9 Å². The van der Waals surface area contributed by atoms with Crippen molar-refractivity contribution in [1.29, 1.82) is 0 Å². The zero-order chi connectivity index (χ0) is 17.9. The molecule has 1 aliphatic rings. The highest BCUT2D eigenvalue weighted by Gasteiger charge is 2.24. The predicted molar refractivity (Wildman–Crippen MR) is 99.7 cm³/mol. The molecule has 0 aliphatic carbocycles. The molecular weight excluding hydrogens is 358 g/mol. The first-order valence-corrected chi connectivity index (χ1v) is 10.3. The van der Waals surface area contributed by atoms with Gasteiger partial charge in [-0.25, -0.2) is 0 Å². The third kappa shape index (κ3) is 4.26. The fourth-order valence-electron chi connectivity index (χ4n) is 2.57. The lowest BCUT2D eigenvalue weighted by atomic mass is 10.2. The molecule has 0 spiro atoms. The van der Waals surface area contributed by atoms with Crippen molar-refractivity contribution < 1.29 is 13.2 Å². The van der Waals surface area contributed by atoms with Gasteiger partial charge in [-0.2, -0.15) is 8.42 Å². The van der Waals surface area contributed by atoms with E-state index in [-0.39, 0.29) is 23.6 Å². The van der Waals surface area contributed by atoms with Crippen LogP contribution in [0.3, 0.4) is 0 Å². The molecule has 2 N–H and O–H groups in total. The zero-order valence-electron chi connectivity index (χ0n) is 13.8. The molecular formula is C17H19N3O3S2. The van der Waals surface area contributed by atoms with Crippen LogP contribution in [-0.4, -0.2) is 26.7 Å². The van der Waals surface area contributed by atoms with Crippen LogP contribution < -0.4 is 10.6 Å². The number of aryl methyl sites for hydroxylation is 1. The van der Waals surface area contributed by atoms with Gasteiger partial charge in [0.05, 0.1) is 5.69 Å². The van der Waals surface area contributed by atoms with Crippen molar-refractivity contribution in [1.82, 2.24) is 5.32 Å². The molecule has 0 saturated heterocycles. The molecule has 1 amide bonds. The molecule has 0 saturated carbocycles. The Morgan fingerprint density at radius 2 is 2.04 bits per heavy atom. The largest absolute Gasteiger partial charge is 0.356 e. The van der Waals surface area contributed by atoms with Gasteiger partial charge in [-0.1, -0.05) is 12.1 Å². The number of nitrogens with one attached hydrogen (secondary N) is 2. The number of sulfonamides is 1. The molecule has 1 aromatic heterocycles. The summed E-state index contributed by atoms with van der Waals surface area (Å²) in [5, 5.41) is 7.89. The number of benzene rings is 1. The van der Waals surface area contributed by atoms with Gasteiger partial charge in [-0.05, 0) is 42.5 Å². The molecule has 0 bridgehead atoms. The minimum Gasteiger partial charge on any atom is -0.356 e. The van der Waals surface area contributed by atoms with E-state index in [2.05, 4.69) is 28.0 Å². The van der Waals surface area contributed by atoms with E-state index in [1.165, 1.54) is 16.5 Å². The number of carbonyl (C=O) groups excluding carboxylic acids is 1. The summed E-state index contributed by atoms with van der Waals surface area (Å²) in [5.41, 5.74) is 1.74. The molecule has 0 unspecified atom stereocenters. The van der Waals surface area contributed by atoms with Crippen molar-refractivity contribution in [3.05, 3.63) is 46.2 Å². The Balaban J connectivity index is 1.51. The van der Waals surface area contributed by atoms with Crippen LogP contribution in [0.5, 0.6) is 0 Å². The number of fused-ring (bicyclic) bond motifs is 1. The van der Waals surface area contributed by atoms with Crippen LogP contribution >= 0.6 is 11.3 Å². The summed E-state index contributed by atoms with van der Waals surface area (Å²) in [6.45, 7) is 2.63. The summed E-state index contributed by atoms with van der Waals surface area (Å²) in [4.78, 5) is 13.4. The maximum atomic E-state index is 12.1. The molecule has 0 fully saturated rings. The van der Waals surface area contributed by atoms with E-state index < -0.39 is 10.0 Å². The first-order chi connectivity index (χ1) is 12.0. The topological polar surface area (TPSA) is 87.6 Å².